The summed E-state index contributed by atoms with van der Waals surface area (Å²) in [6, 6.07) is 3.19. The van der Waals surface area contributed by atoms with Crippen LogP contribution in [-0.4, -0.2) is 42.1 Å². The predicted molar refractivity (Wildman–Crippen MR) is 89.6 cm³/mol. The van der Waals surface area contributed by atoms with Gasteiger partial charge in [0.15, 0.2) is 5.75 Å². The molecular weight excluding hydrogens is 374 g/mol. The Morgan fingerprint density at radius 2 is 2.21 bits per heavy atom. The van der Waals surface area contributed by atoms with Crippen LogP contribution < -0.4 is 14.3 Å². The van der Waals surface area contributed by atoms with Crippen molar-refractivity contribution in [1.29, 1.82) is 0 Å². The Morgan fingerprint density at radius 1 is 1.38 bits per heavy atom. The summed E-state index contributed by atoms with van der Waals surface area (Å²) in [7, 11) is -2.09. The minimum Gasteiger partial charge on any atom is -0.493 e. The van der Waals surface area contributed by atoms with Crippen LogP contribution in [0.4, 0.5) is 0 Å². The molecule has 0 spiro atoms. The number of H-pyrrole nitrogens is 1. The fourth-order valence-corrected chi connectivity index (χ4v) is 4.75. The lowest BCUT2D eigenvalue weighted by Gasteiger charge is -2.02. The lowest BCUT2D eigenvalue weighted by Crippen LogP contribution is -2.25. The smallest absolute Gasteiger partial charge is 0.322 e. The van der Waals surface area contributed by atoms with Crippen molar-refractivity contribution in [2.75, 3.05) is 13.7 Å². The number of aromatic amines is 1. The van der Waals surface area contributed by atoms with Crippen LogP contribution in [0.3, 0.4) is 0 Å². The molecule has 3 heterocycles. The molecule has 9 nitrogen and oxygen atoms in total. The average Bonchev–Trinajstić information content (AvgIpc) is 3.26. The van der Waals surface area contributed by atoms with Crippen LogP contribution in [0.25, 0.3) is 5.00 Å². The Morgan fingerprint density at radius 3 is 2.88 bits per heavy atom. The van der Waals surface area contributed by atoms with Gasteiger partial charge in [0.05, 0.1) is 19.5 Å². The molecule has 12 heteroatoms. The first kappa shape index (κ1) is 16.8. The topological polar surface area (TPSA) is 119 Å². The number of nitrogens with one attached hydrogen (secondary N) is 2. The summed E-state index contributed by atoms with van der Waals surface area (Å²) in [5.41, 5.74) is 0. The third kappa shape index (κ3) is 3.72. The van der Waals surface area contributed by atoms with Crippen molar-refractivity contribution in [1.82, 2.24) is 24.7 Å². The van der Waals surface area contributed by atoms with Gasteiger partial charge in [-0.25, -0.2) is 22.9 Å². The van der Waals surface area contributed by atoms with Gasteiger partial charge in [-0.1, -0.05) is 11.3 Å². The van der Waals surface area contributed by atoms with Gasteiger partial charge in [-0.3, -0.25) is 4.79 Å². The van der Waals surface area contributed by atoms with Gasteiger partial charge in [0.2, 0.25) is 10.0 Å². The van der Waals surface area contributed by atoms with Crippen LogP contribution in [0.15, 0.2) is 33.5 Å². The second-order valence-corrected chi connectivity index (χ2v) is 8.67. The fourth-order valence-electron chi connectivity index (χ4n) is 1.84. The van der Waals surface area contributed by atoms with Crippen molar-refractivity contribution >= 4 is 32.7 Å². The van der Waals surface area contributed by atoms with Crippen LogP contribution >= 0.6 is 22.7 Å². The first-order chi connectivity index (χ1) is 11.5. The zero-order chi connectivity index (χ0) is 17.2. The normalized spacial score (nSPS) is 11.7. The van der Waals surface area contributed by atoms with Crippen molar-refractivity contribution in [2.45, 2.75) is 10.6 Å². The third-order valence-corrected chi connectivity index (χ3v) is 6.80. The lowest BCUT2D eigenvalue weighted by atomic mass is 10.5. The maximum absolute atomic E-state index is 12.3. The Bertz CT molecular complexity index is 984. The zero-order valence-corrected chi connectivity index (χ0v) is 14.9. The van der Waals surface area contributed by atoms with Crippen molar-refractivity contribution in [3.05, 3.63) is 39.2 Å². The number of nitrogens with zero attached hydrogens (tertiary/aromatic N) is 3. The number of hydrogen-bond donors (Lipinski definition) is 2. The summed E-state index contributed by atoms with van der Waals surface area (Å²) >= 11 is 2.05. The molecule has 0 atom stereocenters. The number of aromatic nitrogens is 4. The maximum Gasteiger partial charge on any atom is 0.322 e. The number of ether oxygens (including phenoxy) is 1. The van der Waals surface area contributed by atoms with E-state index in [-0.39, 0.29) is 15.6 Å². The van der Waals surface area contributed by atoms with Crippen LogP contribution in [0.2, 0.25) is 0 Å². The van der Waals surface area contributed by atoms with E-state index in [2.05, 4.69) is 20.0 Å². The summed E-state index contributed by atoms with van der Waals surface area (Å²) < 4.78 is 33.9. The van der Waals surface area contributed by atoms with Gasteiger partial charge >= 0.3 is 4.87 Å². The van der Waals surface area contributed by atoms with E-state index in [9.17, 15) is 13.2 Å². The molecule has 0 aliphatic rings. The van der Waals surface area contributed by atoms with Gasteiger partial charge in [-0.15, -0.1) is 11.3 Å². The molecule has 0 unspecified atom stereocenters. The molecule has 0 saturated carbocycles. The molecule has 0 fully saturated rings. The highest BCUT2D eigenvalue weighted by molar-refractivity contribution is 7.91. The van der Waals surface area contributed by atoms with Crippen molar-refractivity contribution in [3.8, 4) is 10.8 Å². The van der Waals surface area contributed by atoms with E-state index in [1.165, 1.54) is 13.2 Å². The molecular formula is C12H13N5O4S3. The van der Waals surface area contributed by atoms with Gasteiger partial charge in [0.25, 0.3) is 0 Å². The maximum atomic E-state index is 12.3. The molecule has 0 saturated heterocycles. The molecule has 0 bridgehead atoms. The Kier molecular flexibility index (Phi) is 4.80. The molecule has 0 aliphatic heterocycles. The molecule has 0 radical (unpaired) electrons. The highest BCUT2D eigenvalue weighted by Crippen LogP contribution is 2.25. The highest BCUT2D eigenvalue weighted by Gasteiger charge is 2.17. The summed E-state index contributed by atoms with van der Waals surface area (Å²) in [5, 5.41) is 11.4. The minimum atomic E-state index is -3.62. The molecule has 2 N–H and O–H groups in total. The second-order valence-electron chi connectivity index (χ2n) is 4.57. The van der Waals surface area contributed by atoms with Crippen molar-refractivity contribution in [2.24, 2.45) is 0 Å². The summed E-state index contributed by atoms with van der Waals surface area (Å²) in [5.74, 6) is 0.587. The summed E-state index contributed by atoms with van der Waals surface area (Å²) in [6.07, 6.45) is 3.55. The molecule has 3 rings (SSSR count). The van der Waals surface area contributed by atoms with E-state index >= 15 is 0 Å². The first-order valence-electron chi connectivity index (χ1n) is 6.71. The van der Waals surface area contributed by atoms with Gasteiger partial charge < -0.3 is 4.74 Å². The SMILES string of the molecule is COc1cnn(-c2ccc(S(=O)(=O)NCCc3n[nH]c(=O)s3)s2)c1. The van der Waals surface area contributed by atoms with Gasteiger partial charge in [-0.2, -0.15) is 10.2 Å². The zero-order valence-electron chi connectivity index (χ0n) is 12.4. The number of thiophene rings is 1. The number of hydrogen-bond acceptors (Lipinski definition) is 8. The van der Waals surface area contributed by atoms with E-state index in [1.807, 2.05) is 0 Å². The van der Waals surface area contributed by atoms with Gasteiger partial charge in [0, 0.05) is 13.0 Å². The number of sulfonamides is 1. The predicted octanol–water partition coefficient (Wildman–Crippen LogP) is 0.608. The van der Waals surface area contributed by atoms with Crippen molar-refractivity contribution in [3.63, 3.8) is 0 Å². The molecule has 3 aromatic heterocycles. The average molecular weight is 387 g/mol. The standard InChI is InChI=1S/C12H13N5O4S3/c1-21-8-6-13-17(7-8)10-2-3-11(23-10)24(19,20)14-5-4-9-15-16-12(18)22-9/h2-3,6-7,14H,4-5H2,1H3,(H,16,18). The minimum absolute atomic E-state index is 0.159. The number of methoxy groups -OCH3 is 1. The second kappa shape index (κ2) is 6.84. The van der Waals surface area contributed by atoms with E-state index in [0.29, 0.717) is 22.2 Å². The van der Waals surface area contributed by atoms with E-state index < -0.39 is 10.0 Å². The molecule has 128 valence electrons. The van der Waals surface area contributed by atoms with E-state index in [1.54, 1.807) is 23.1 Å². The Balaban J connectivity index is 1.67. The van der Waals surface area contributed by atoms with Crippen LogP contribution in [0.1, 0.15) is 5.01 Å². The van der Waals surface area contributed by atoms with E-state index in [0.717, 1.165) is 22.7 Å². The summed E-state index contributed by atoms with van der Waals surface area (Å²) in [6.45, 7) is 0.159. The quantitative estimate of drug-likeness (QED) is 0.613. The molecule has 0 aromatic carbocycles. The Hall–Kier alpha value is -2.02. The lowest BCUT2D eigenvalue weighted by molar-refractivity contribution is 0.414. The molecule has 0 aliphatic carbocycles. The first-order valence-corrected chi connectivity index (χ1v) is 9.82. The highest BCUT2D eigenvalue weighted by atomic mass is 32.2. The van der Waals surface area contributed by atoms with Crippen molar-refractivity contribution < 1.29 is 13.2 Å². The van der Waals surface area contributed by atoms with E-state index in [4.69, 9.17) is 4.74 Å². The summed E-state index contributed by atoms with van der Waals surface area (Å²) in [4.78, 5) is 10.7. The molecule has 0 amide bonds. The Labute approximate surface area is 145 Å². The third-order valence-electron chi connectivity index (χ3n) is 2.97. The molecule has 24 heavy (non-hydrogen) atoms. The fraction of sp³-hybridized carbons (Fsp3) is 0.250. The van der Waals surface area contributed by atoms with Crippen LogP contribution in [0.5, 0.6) is 5.75 Å². The molecule has 3 aromatic rings. The van der Waals surface area contributed by atoms with Gasteiger partial charge in [0.1, 0.15) is 14.2 Å². The van der Waals surface area contributed by atoms with Crippen LogP contribution in [-0.2, 0) is 16.4 Å². The van der Waals surface area contributed by atoms with Crippen LogP contribution in [0, 0.1) is 0 Å². The van der Waals surface area contributed by atoms with Gasteiger partial charge in [-0.05, 0) is 12.1 Å². The number of rotatable bonds is 7. The monoisotopic (exact) mass is 387 g/mol. The largest absolute Gasteiger partial charge is 0.493 e.